The molecular formula is C11H16BrN. The van der Waals surface area contributed by atoms with Gasteiger partial charge in [0.1, 0.15) is 0 Å². The summed E-state index contributed by atoms with van der Waals surface area (Å²) in [6.45, 7) is 2.98. The highest BCUT2D eigenvalue weighted by Crippen LogP contribution is 2.14. The van der Waals surface area contributed by atoms with Gasteiger partial charge in [0.2, 0.25) is 0 Å². The molecule has 0 heterocycles. The largest absolute Gasteiger partial charge is 0.330 e. The van der Waals surface area contributed by atoms with Gasteiger partial charge in [0.25, 0.3) is 0 Å². The minimum Gasteiger partial charge on any atom is -0.330 e. The van der Waals surface area contributed by atoms with E-state index in [1.54, 1.807) is 0 Å². The number of hydrogen-bond acceptors (Lipinski definition) is 1. The summed E-state index contributed by atoms with van der Waals surface area (Å²) in [7, 11) is 0. The van der Waals surface area contributed by atoms with Crippen LogP contribution < -0.4 is 5.73 Å². The zero-order valence-corrected chi connectivity index (χ0v) is 9.55. The third-order valence-corrected chi connectivity index (χ3v) is 2.88. The SMILES string of the molecule is CC[C@@H](CN)Cc1ccc(Br)cc1. The lowest BCUT2D eigenvalue weighted by Crippen LogP contribution is -2.15. The Balaban J connectivity index is 2.58. The zero-order chi connectivity index (χ0) is 9.68. The fourth-order valence-corrected chi connectivity index (χ4v) is 1.61. The summed E-state index contributed by atoms with van der Waals surface area (Å²) in [4.78, 5) is 0. The van der Waals surface area contributed by atoms with Crippen LogP contribution in [0.5, 0.6) is 0 Å². The number of halogens is 1. The predicted octanol–water partition coefficient (Wildman–Crippen LogP) is 2.98. The first-order chi connectivity index (χ1) is 6.26. The highest BCUT2D eigenvalue weighted by molar-refractivity contribution is 9.10. The van der Waals surface area contributed by atoms with Gasteiger partial charge in [0.05, 0.1) is 0 Å². The molecule has 0 bridgehead atoms. The molecule has 0 aliphatic heterocycles. The first-order valence-corrected chi connectivity index (χ1v) is 5.50. The number of hydrogen-bond donors (Lipinski definition) is 1. The maximum atomic E-state index is 5.65. The molecule has 0 aromatic heterocycles. The number of nitrogens with two attached hydrogens (primary N) is 1. The van der Waals surface area contributed by atoms with Crippen LogP contribution in [0.3, 0.4) is 0 Å². The third-order valence-electron chi connectivity index (χ3n) is 2.35. The van der Waals surface area contributed by atoms with Crippen LogP contribution >= 0.6 is 15.9 Å². The fourth-order valence-electron chi connectivity index (χ4n) is 1.35. The van der Waals surface area contributed by atoms with E-state index in [1.165, 1.54) is 5.56 Å². The van der Waals surface area contributed by atoms with Gasteiger partial charge in [-0.05, 0) is 36.6 Å². The highest BCUT2D eigenvalue weighted by atomic mass is 79.9. The van der Waals surface area contributed by atoms with Crippen molar-refractivity contribution in [1.82, 2.24) is 0 Å². The molecule has 1 nitrogen and oxygen atoms in total. The van der Waals surface area contributed by atoms with Crippen molar-refractivity contribution in [3.05, 3.63) is 34.3 Å². The van der Waals surface area contributed by atoms with Crippen molar-refractivity contribution in [2.75, 3.05) is 6.54 Å². The lowest BCUT2D eigenvalue weighted by atomic mass is 9.97. The van der Waals surface area contributed by atoms with Gasteiger partial charge in [0, 0.05) is 4.47 Å². The van der Waals surface area contributed by atoms with Gasteiger partial charge >= 0.3 is 0 Å². The van der Waals surface area contributed by atoms with Gasteiger partial charge in [-0.2, -0.15) is 0 Å². The molecule has 2 N–H and O–H groups in total. The normalized spacial score (nSPS) is 12.8. The predicted molar refractivity (Wildman–Crippen MR) is 60.7 cm³/mol. The number of rotatable bonds is 4. The Morgan fingerprint density at radius 2 is 1.92 bits per heavy atom. The Bertz CT molecular complexity index is 239. The average molecular weight is 242 g/mol. The van der Waals surface area contributed by atoms with Crippen LogP contribution in [0.15, 0.2) is 28.7 Å². The molecule has 72 valence electrons. The van der Waals surface area contributed by atoms with Crippen molar-refractivity contribution in [1.29, 1.82) is 0 Å². The van der Waals surface area contributed by atoms with Crippen molar-refractivity contribution in [2.24, 2.45) is 11.7 Å². The standard InChI is InChI=1S/C11H16BrN/c1-2-9(8-13)7-10-3-5-11(12)6-4-10/h3-6,9H,2,7-8,13H2,1H3/t9-/m1/s1. The second kappa shape index (κ2) is 5.40. The molecule has 13 heavy (non-hydrogen) atoms. The van der Waals surface area contributed by atoms with Gasteiger partial charge < -0.3 is 5.73 Å². The molecule has 0 aliphatic rings. The monoisotopic (exact) mass is 241 g/mol. The lowest BCUT2D eigenvalue weighted by Gasteiger charge is -2.11. The van der Waals surface area contributed by atoms with Crippen molar-refractivity contribution in [2.45, 2.75) is 19.8 Å². The van der Waals surface area contributed by atoms with E-state index in [0.29, 0.717) is 5.92 Å². The van der Waals surface area contributed by atoms with E-state index in [-0.39, 0.29) is 0 Å². The molecule has 0 amide bonds. The van der Waals surface area contributed by atoms with E-state index in [2.05, 4.69) is 47.1 Å². The van der Waals surface area contributed by atoms with E-state index in [9.17, 15) is 0 Å². The van der Waals surface area contributed by atoms with Crippen LogP contribution in [0, 0.1) is 5.92 Å². The van der Waals surface area contributed by atoms with Gasteiger partial charge in [-0.1, -0.05) is 41.4 Å². The third kappa shape index (κ3) is 3.49. The van der Waals surface area contributed by atoms with Gasteiger partial charge in [-0.15, -0.1) is 0 Å². The Hall–Kier alpha value is -0.340. The molecule has 0 radical (unpaired) electrons. The molecule has 0 aliphatic carbocycles. The van der Waals surface area contributed by atoms with E-state index in [0.717, 1.165) is 23.9 Å². The Labute approximate surface area is 88.5 Å². The van der Waals surface area contributed by atoms with E-state index in [1.807, 2.05) is 0 Å². The number of benzene rings is 1. The molecule has 1 atom stereocenters. The molecule has 2 heteroatoms. The molecule has 0 saturated heterocycles. The molecule has 0 unspecified atom stereocenters. The van der Waals surface area contributed by atoms with Crippen LogP contribution in [0.25, 0.3) is 0 Å². The minimum atomic E-state index is 0.626. The summed E-state index contributed by atoms with van der Waals surface area (Å²) >= 11 is 3.42. The summed E-state index contributed by atoms with van der Waals surface area (Å²) in [5, 5.41) is 0. The first-order valence-electron chi connectivity index (χ1n) is 4.70. The molecule has 1 aromatic rings. The summed E-state index contributed by atoms with van der Waals surface area (Å²) in [5.41, 5.74) is 7.03. The maximum absolute atomic E-state index is 5.65. The van der Waals surface area contributed by atoms with E-state index < -0.39 is 0 Å². The Kier molecular flexibility index (Phi) is 4.46. The molecule has 0 saturated carbocycles. The molecule has 1 rings (SSSR count). The van der Waals surface area contributed by atoms with E-state index in [4.69, 9.17) is 5.73 Å². The molecule has 0 fully saturated rings. The van der Waals surface area contributed by atoms with Crippen LogP contribution in [-0.4, -0.2) is 6.54 Å². The van der Waals surface area contributed by atoms with Crippen LogP contribution in [0.4, 0.5) is 0 Å². The summed E-state index contributed by atoms with van der Waals surface area (Å²) in [5.74, 6) is 0.626. The smallest absolute Gasteiger partial charge is 0.0175 e. The summed E-state index contributed by atoms with van der Waals surface area (Å²) in [6.07, 6.45) is 2.26. The van der Waals surface area contributed by atoms with Gasteiger partial charge in [-0.3, -0.25) is 0 Å². The molecule has 1 aromatic carbocycles. The van der Waals surface area contributed by atoms with Crippen molar-refractivity contribution in [3.63, 3.8) is 0 Å². The lowest BCUT2D eigenvalue weighted by molar-refractivity contribution is 0.519. The Morgan fingerprint density at radius 1 is 1.31 bits per heavy atom. The van der Waals surface area contributed by atoms with Crippen molar-refractivity contribution < 1.29 is 0 Å². The molecule has 0 spiro atoms. The quantitative estimate of drug-likeness (QED) is 0.862. The fraction of sp³-hybridized carbons (Fsp3) is 0.455. The van der Waals surface area contributed by atoms with Gasteiger partial charge in [0.15, 0.2) is 0 Å². The summed E-state index contributed by atoms with van der Waals surface area (Å²) < 4.78 is 1.14. The second-order valence-electron chi connectivity index (χ2n) is 3.34. The van der Waals surface area contributed by atoms with Gasteiger partial charge in [-0.25, -0.2) is 0 Å². The first kappa shape index (κ1) is 10.7. The second-order valence-corrected chi connectivity index (χ2v) is 4.26. The summed E-state index contributed by atoms with van der Waals surface area (Å²) in [6, 6.07) is 8.47. The Morgan fingerprint density at radius 3 is 2.38 bits per heavy atom. The highest BCUT2D eigenvalue weighted by Gasteiger charge is 2.04. The van der Waals surface area contributed by atoms with Crippen molar-refractivity contribution >= 4 is 15.9 Å². The van der Waals surface area contributed by atoms with Crippen molar-refractivity contribution in [3.8, 4) is 0 Å². The van der Waals surface area contributed by atoms with Crippen LogP contribution in [-0.2, 0) is 6.42 Å². The topological polar surface area (TPSA) is 26.0 Å². The maximum Gasteiger partial charge on any atom is 0.0175 e. The zero-order valence-electron chi connectivity index (χ0n) is 7.96. The minimum absolute atomic E-state index is 0.626. The van der Waals surface area contributed by atoms with E-state index >= 15 is 0 Å². The van der Waals surface area contributed by atoms with Crippen LogP contribution in [0.1, 0.15) is 18.9 Å². The van der Waals surface area contributed by atoms with Crippen LogP contribution in [0.2, 0.25) is 0 Å². The molecular weight excluding hydrogens is 226 g/mol. The average Bonchev–Trinajstić information content (AvgIpc) is 2.17.